The molecule has 0 spiro atoms. The minimum atomic E-state index is 0.421. The van der Waals surface area contributed by atoms with E-state index in [0.29, 0.717) is 12.0 Å². The standard InChI is InChI=1S/C8H10N2/c1-6-4-7-2-3-9-5-8(7)10-6/h2-5,7-8,10H,1H3. The van der Waals surface area contributed by atoms with Gasteiger partial charge in [0.05, 0.1) is 6.04 Å². The second-order valence-electron chi connectivity index (χ2n) is 2.74. The SMILES string of the molecule is CC1=CC2C=CN=CC2N1. The first-order valence-corrected chi connectivity index (χ1v) is 3.51. The van der Waals surface area contributed by atoms with Gasteiger partial charge in [0, 0.05) is 24.0 Å². The van der Waals surface area contributed by atoms with Crippen molar-refractivity contribution >= 4 is 6.21 Å². The number of hydrogen-bond donors (Lipinski definition) is 1. The maximum atomic E-state index is 4.05. The zero-order valence-electron chi connectivity index (χ0n) is 5.91. The largest absolute Gasteiger partial charge is 0.380 e. The predicted molar refractivity (Wildman–Crippen MR) is 41.8 cm³/mol. The molecule has 0 radical (unpaired) electrons. The monoisotopic (exact) mass is 134 g/mol. The number of allylic oxidation sites excluding steroid dienone is 1. The molecular formula is C8H10N2. The maximum Gasteiger partial charge on any atom is 0.0711 e. The Bertz CT molecular complexity index is 225. The van der Waals surface area contributed by atoms with Crippen molar-refractivity contribution in [3.8, 4) is 0 Å². The number of fused-ring (bicyclic) bond motifs is 1. The summed E-state index contributed by atoms with van der Waals surface area (Å²) in [7, 11) is 0. The van der Waals surface area contributed by atoms with Crippen molar-refractivity contribution in [3.05, 3.63) is 24.0 Å². The van der Waals surface area contributed by atoms with Crippen molar-refractivity contribution in [1.29, 1.82) is 0 Å². The molecule has 0 saturated carbocycles. The van der Waals surface area contributed by atoms with Gasteiger partial charge in [-0.05, 0) is 6.92 Å². The van der Waals surface area contributed by atoms with Crippen LogP contribution >= 0.6 is 0 Å². The van der Waals surface area contributed by atoms with Crippen molar-refractivity contribution in [3.63, 3.8) is 0 Å². The Morgan fingerprint density at radius 2 is 2.50 bits per heavy atom. The molecule has 0 amide bonds. The molecule has 0 bridgehead atoms. The third-order valence-corrected chi connectivity index (χ3v) is 1.89. The van der Waals surface area contributed by atoms with Crippen LogP contribution in [0.3, 0.4) is 0 Å². The normalized spacial score (nSPS) is 35.1. The molecule has 52 valence electrons. The smallest absolute Gasteiger partial charge is 0.0711 e. The van der Waals surface area contributed by atoms with Crippen LogP contribution in [-0.4, -0.2) is 12.3 Å². The van der Waals surface area contributed by atoms with Crippen LogP contribution in [0.2, 0.25) is 0 Å². The molecule has 0 fully saturated rings. The van der Waals surface area contributed by atoms with E-state index < -0.39 is 0 Å². The van der Waals surface area contributed by atoms with E-state index in [1.54, 1.807) is 0 Å². The molecule has 0 aliphatic carbocycles. The Balaban J connectivity index is 2.24. The first-order chi connectivity index (χ1) is 4.86. The summed E-state index contributed by atoms with van der Waals surface area (Å²) in [4.78, 5) is 4.05. The summed E-state index contributed by atoms with van der Waals surface area (Å²) >= 11 is 0. The number of hydrogen-bond acceptors (Lipinski definition) is 2. The van der Waals surface area contributed by atoms with Gasteiger partial charge in [-0.1, -0.05) is 12.2 Å². The Morgan fingerprint density at radius 3 is 3.30 bits per heavy atom. The quantitative estimate of drug-likeness (QED) is 0.526. The van der Waals surface area contributed by atoms with Gasteiger partial charge in [-0.15, -0.1) is 0 Å². The van der Waals surface area contributed by atoms with Gasteiger partial charge in [-0.2, -0.15) is 0 Å². The van der Waals surface area contributed by atoms with E-state index in [1.807, 2.05) is 12.4 Å². The van der Waals surface area contributed by atoms with Crippen molar-refractivity contribution in [2.45, 2.75) is 13.0 Å². The highest BCUT2D eigenvalue weighted by atomic mass is 15.0. The van der Waals surface area contributed by atoms with E-state index in [4.69, 9.17) is 0 Å². The van der Waals surface area contributed by atoms with E-state index in [1.165, 1.54) is 5.70 Å². The summed E-state index contributed by atoms with van der Waals surface area (Å²) in [5.41, 5.74) is 1.26. The first-order valence-electron chi connectivity index (χ1n) is 3.51. The Labute approximate surface area is 60.3 Å². The van der Waals surface area contributed by atoms with Gasteiger partial charge in [0.1, 0.15) is 0 Å². The molecule has 0 aromatic carbocycles. The van der Waals surface area contributed by atoms with Gasteiger partial charge in [-0.3, -0.25) is 4.99 Å². The van der Waals surface area contributed by atoms with E-state index in [-0.39, 0.29) is 0 Å². The lowest BCUT2D eigenvalue weighted by Gasteiger charge is -2.13. The van der Waals surface area contributed by atoms with Gasteiger partial charge in [0.25, 0.3) is 0 Å². The van der Waals surface area contributed by atoms with Crippen LogP contribution < -0.4 is 5.32 Å². The van der Waals surface area contributed by atoms with E-state index in [0.717, 1.165) is 0 Å². The molecule has 2 unspecified atom stereocenters. The molecule has 2 heteroatoms. The molecule has 2 aliphatic heterocycles. The average Bonchev–Trinajstić information content (AvgIpc) is 2.27. The summed E-state index contributed by atoms with van der Waals surface area (Å²) < 4.78 is 0. The highest BCUT2D eigenvalue weighted by molar-refractivity contribution is 5.69. The number of aliphatic imine (C=N–C) groups is 1. The molecule has 2 rings (SSSR count). The van der Waals surface area contributed by atoms with Crippen molar-refractivity contribution in [2.24, 2.45) is 10.9 Å². The number of nitrogens with one attached hydrogen (secondary N) is 1. The topological polar surface area (TPSA) is 24.4 Å². The van der Waals surface area contributed by atoms with Gasteiger partial charge in [0.2, 0.25) is 0 Å². The Morgan fingerprint density at radius 1 is 1.60 bits per heavy atom. The predicted octanol–water partition coefficient (Wildman–Crippen LogP) is 1.08. The van der Waals surface area contributed by atoms with Crippen LogP contribution in [0.4, 0.5) is 0 Å². The second kappa shape index (κ2) is 1.97. The third kappa shape index (κ3) is 0.764. The summed E-state index contributed by atoms with van der Waals surface area (Å²) in [6.45, 7) is 2.08. The third-order valence-electron chi connectivity index (χ3n) is 1.89. The molecule has 2 nitrogen and oxygen atoms in total. The lowest BCUT2D eigenvalue weighted by atomic mass is 10.0. The average molecular weight is 134 g/mol. The van der Waals surface area contributed by atoms with Crippen LogP contribution in [0.15, 0.2) is 29.0 Å². The minimum Gasteiger partial charge on any atom is -0.380 e. The zero-order valence-corrected chi connectivity index (χ0v) is 5.91. The van der Waals surface area contributed by atoms with Gasteiger partial charge in [0.15, 0.2) is 0 Å². The molecular weight excluding hydrogens is 124 g/mol. The molecule has 1 N–H and O–H groups in total. The number of rotatable bonds is 0. The molecule has 2 aliphatic rings. The lowest BCUT2D eigenvalue weighted by molar-refractivity contribution is 0.678. The van der Waals surface area contributed by atoms with Crippen LogP contribution in [-0.2, 0) is 0 Å². The van der Waals surface area contributed by atoms with Crippen LogP contribution in [0.5, 0.6) is 0 Å². The molecule has 0 aromatic rings. The van der Waals surface area contributed by atoms with E-state index >= 15 is 0 Å². The lowest BCUT2D eigenvalue weighted by Crippen LogP contribution is -2.29. The van der Waals surface area contributed by atoms with Crippen LogP contribution in [0, 0.1) is 5.92 Å². The Kier molecular flexibility index (Phi) is 1.13. The zero-order chi connectivity index (χ0) is 6.97. The molecule has 0 aromatic heterocycles. The molecule has 0 saturated heterocycles. The fraction of sp³-hybridized carbons (Fsp3) is 0.375. The van der Waals surface area contributed by atoms with E-state index in [2.05, 4.69) is 29.4 Å². The molecule has 2 atom stereocenters. The highest BCUT2D eigenvalue weighted by Gasteiger charge is 2.22. The van der Waals surface area contributed by atoms with Gasteiger partial charge >= 0.3 is 0 Å². The van der Waals surface area contributed by atoms with Crippen LogP contribution in [0.25, 0.3) is 0 Å². The van der Waals surface area contributed by atoms with E-state index in [9.17, 15) is 0 Å². The first kappa shape index (κ1) is 5.71. The molecule has 10 heavy (non-hydrogen) atoms. The number of nitrogens with zero attached hydrogens (tertiary/aromatic N) is 1. The Hall–Kier alpha value is -1.05. The van der Waals surface area contributed by atoms with Crippen molar-refractivity contribution < 1.29 is 0 Å². The fourth-order valence-electron chi connectivity index (χ4n) is 1.40. The summed E-state index contributed by atoms with van der Waals surface area (Å²) in [5, 5.41) is 3.32. The van der Waals surface area contributed by atoms with Crippen molar-refractivity contribution in [1.82, 2.24) is 5.32 Å². The fourth-order valence-corrected chi connectivity index (χ4v) is 1.40. The van der Waals surface area contributed by atoms with Crippen molar-refractivity contribution in [2.75, 3.05) is 0 Å². The van der Waals surface area contributed by atoms with Crippen LogP contribution in [0.1, 0.15) is 6.92 Å². The maximum absolute atomic E-state index is 4.05. The minimum absolute atomic E-state index is 0.421. The summed E-state index contributed by atoms with van der Waals surface area (Å²) in [6.07, 6.45) is 8.16. The second-order valence-corrected chi connectivity index (χ2v) is 2.74. The summed E-state index contributed by atoms with van der Waals surface area (Å²) in [5.74, 6) is 0.539. The van der Waals surface area contributed by atoms with Gasteiger partial charge < -0.3 is 5.32 Å². The van der Waals surface area contributed by atoms with Gasteiger partial charge in [-0.25, -0.2) is 0 Å². The highest BCUT2D eigenvalue weighted by Crippen LogP contribution is 2.18. The molecule has 2 heterocycles. The summed E-state index contributed by atoms with van der Waals surface area (Å²) in [6, 6.07) is 0.421.